The van der Waals surface area contributed by atoms with E-state index in [1.165, 1.54) is 5.69 Å². The molecule has 2 aliphatic rings. The minimum atomic E-state index is -0.486. The second-order valence-electron chi connectivity index (χ2n) is 12.9. The first kappa shape index (κ1) is 30.3. The number of carbonyl (C=O) groups is 2. The normalized spacial score (nSPS) is 15.5. The maximum atomic E-state index is 13.8. The fourth-order valence-electron chi connectivity index (χ4n) is 6.04. The zero-order chi connectivity index (χ0) is 31.7. The van der Waals surface area contributed by atoms with Gasteiger partial charge in [0.05, 0.1) is 11.3 Å². The summed E-state index contributed by atoms with van der Waals surface area (Å²) >= 11 is 0. The third-order valence-corrected chi connectivity index (χ3v) is 8.54. The van der Waals surface area contributed by atoms with E-state index in [1.807, 2.05) is 88.4 Å². The molecule has 3 aromatic carbocycles. The number of amides is 2. The third-order valence-electron chi connectivity index (χ3n) is 8.54. The smallest absolute Gasteiger partial charge is 0.261 e. The van der Waals surface area contributed by atoms with Crippen LogP contribution < -0.4 is 20.0 Å². The quantitative estimate of drug-likeness (QED) is 0.293. The van der Waals surface area contributed by atoms with E-state index in [4.69, 9.17) is 4.98 Å². The largest absolute Gasteiger partial charge is 0.369 e. The molecule has 1 aromatic heterocycles. The molecule has 6 rings (SSSR count). The van der Waals surface area contributed by atoms with Gasteiger partial charge in [0.1, 0.15) is 0 Å². The van der Waals surface area contributed by atoms with Gasteiger partial charge in [0.25, 0.3) is 11.8 Å². The van der Waals surface area contributed by atoms with Gasteiger partial charge in [0, 0.05) is 79.2 Å². The van der Waals surface area contributed by atoms with Crippen molar-refractivity contribution >= 4 is 40.5 Å². The molecule has 1 N–H and O–H groups in total. The van der Waals surface area contributed by atoms with Crippen molar-refractivity contribution in [2.45, 2.75) is 39.7 Å². The van der Waals surface area contributed by atoms with Crippen LogP contribution in [0.1, 0.15) is 52.7 Å². The van der Waals surface area contributed by atoms with Crippen molar-refractivity contribution < 1.29 is 9.59 Å². The van der Waals surface area contributed by atoms with Crippen molar-refractivity contribution in [3.05, 3.63) is 101 Å². The minimum absolute atomic E-state index is 0.0874. The molecule has 0 unspecified atom stereocenters. The molecule has 45 heavy (non-hydrogen) atoms. The number of likely N-dealkylation sites (N-methyl/N-ethyl adjacent to an activating group) is 1. The molecule has 0 aliphatic carbocycles. The third kappa shape index (κ3) is 6.40. The Kier molecular flexibility index (Phi) is 8.29. The van der Waals surface area contributed by atoms with Crippen molar-refractivity contribution in [3.63, 3.8) is 0 Å². The lowest BCUT2D eigenvalue weighted by molar-refractivity contribution is 0.0963. The monoisotopic (exact) mass is 603 g/mol. The number of aryl methyl sites for hydroxylation is 1. The number of piperazine rings is 1. The summed E-state index contributed by atoms with van der Waals surface area (Å²) in [5.74, 6) is 0.243. The number of nitrogens with zero attached hydrogens (tertiary/aromatic N) is 6. The molecule has 0 bridgehead atoms. The summed E-state index contributed by atoms with van der Waals surface area (Å²) in [6.07, 6.45) is 2.22. The van der Waals surface area contributed by atoms with Crippen molar-refractivity contribution in [1.29, 1.82) is 0 Å². The van der Waals surface area contributed by atoms with Gasteiger partial charge in [0.2, 0.25) is 5.95 Å². The average Bonchev–Trinajstić information content (AvgIpc) is 3.03. The summed E-state index contributed by atoms with van der Waals surface area (Å²) in [6.45, 7) is 12.7. The highest BCUT2D eigenvalue weighted by atomic mass is 16.2. The number of anilines is 5. The van der Waals surface area contributed by atoms with Crippen molar-refractivity contribution in [1.82, 2.24) is 14.9 Å². The van der Waals surface area contributed by atoms with Crippen molar-refractivity contribution in [3.8, 4) is 0 Å². The summed E-state index contributed by atoms with van der Waals surface area (Å²) in [7, 11) is 2.16. The summed E-state index contributed by atoms with van der Waals surface area (Å²) in [5, 5.41) is 3.30. The maximum Gasteiger partial charge on any atom is 0.261 e. The van der Waals surface area contributed by atoms with Crippen molar-refractivity contribution in [2.75, 3.05) is 59.8 Å². The van der Waals surface area contributed by atoms with Crippen LogP contribution in [0.5, 0.6) is 0 Å². The molecule has 3 heterocycles. The first-order chi connectivity index (χ1) is 21.6. The molecule has 0 radical (unpaired) electrons. The lowest BCUT2D eigenvalue weighted by atomic mass is 10.00. The first-order valence-electron chi connectivity index (χ1n) is 15.6. The number of fused-ring (bicyclic) bond motifs is 1. The maximum absolute atomic E-state index is 13.8. The highest BCUT2D eigenvalue weighted by Crippen LogP contribution is 2.34. The van der Waals surface area contributed by atoms with Gasteiger partial charge in [-0.3, -0.25) is 9.59 Å². The Bertz CT molecular complexity index is 1690. The zero-order valence-electron chi connectivity index (χ0n) is 26.7. The molecule has 1 saturated heterocycles. The van der Waals surface area contributed by atoms with Crippen LogP contribution in [0.2, 0.25) is 0 Å². The van der Waals surface area contributed by atoms with Crippen LogP contribution in [0.4, 0.5) is 28.7 Å². The molecule has 2 aliphatic heterocycles. The van der Waals surface area contributed by atoms with Crippen LogP contribution in [0.15, 0.2) is 79.0 Å². The summed E-state index contributed by atoms with van der Waals surface area (Å²) in [6, 6.07) is 23.5. The molecular weight excluding hydrogens is 562 g/mol. The molecule has 232 valence electrons. The van der Waals surface area contributed by atoms with Gasteiger partial charge in [-0.15, -0.1) is 0 Å². The SMILES string of the molecule is Cc1ccc(N(C(=O)c2ccccc2)C(C)(C)C)cc1N1CCc2nc(Nc3ccc(N4CCN(C)CC4)cc3)ncc2C1=O. The van der Waals surface area contributed by atoms with Crippen LogP contribution in [0.3, 0.4) is 0 Å². The van der Waals surface area contributed by atoms with Crippen LogP contribution >= 0.6 is 0 Å². The predicted molar refractivity (Wildman–Crippen MR) is 181 cm³/mol. The van der Waals surface area contributed by atoms with E-state index < -0.39 is 5.54 Å². The fraction of sp³-hybridized carbons (Fsp3) is 0.333. The van der Waals surface area contributed by atoms with Gasteiger partial charge in [-0.25, -0.2) is 9.97 Å². The van der Waals surface area contributed by atoms with Gasteiger partial charge in [-0.2, -0.15) is 0 Å². The number of benzene rings is 3. The van der Waals surface area contributed by atoms with E-state index in [1.54, 1.807) is 16.0 Å². The van der Waals surface area contributed by atoms with Gasteiger partial charge >= 0.3 is 0 Å². The molecule has 9 heteroatoms. The lowest BCUT2D eigenvalue weighted by Crippen LogP contribution is -2.46. The molecule has 0 spiro atoms. The van der Waals surface area contributed by atoms with E-state index in [9.17, 15) is 9.59 Å². The predicted octanol–water partition coefficient (Wildman–Crippen LogP) is 5.93. The van der Waals surface area contributed by atoms with Gasteiger partial charge < -0.3 is 24.9 Å². The number of aromatic nitrogens is 2. The highest BCUT2D eigenvalue weighted by Gasteiger charge is 2.32. The molecule has 9 nitrogen and oxygen atoms in total. The van der Waals surface area contributed by atoms with Gasteiger partial charge in [-0.1, -0.05) is 24.3 Å². The van der Waals surface area contributed by atoms with E-state index in [-0.39, 0.29) is 11.8 Å². The van der Waals surface area contributed by atoms with E-state index in [0.717, 1.165) is 54.5 Å². The molecule has 1 fully saturated rings. The Labute approximate surface area is 265 Å². The Hall–Kier alpha value is -4.76. The van der Waals surface area contributed by atoms with Crippen LogP contribution in [-0.4, -0.2) is 72.0 Å². The number of carbonyl (C=O) groups excluding carboxylic acids is 2. The van der Waals surface area contributed by atoms with Crippen molar-refractivity contribution in [2.24, 2.45) is 0 Å². The van der Waals surface area contributed by atoms with E-state index in [2.05, 4.69) is 39.3 Å². The number of nitrogens with one attached hydrogen (secondary N) is 1. The summed E-state index contributed by atoms with van der Waals surface area (Å²) < 4.78 is 0. The summed E-state index contributed by atoms with van der Waals surface area (Å²) in [4.78, 5) is 45.0. The molecular formula is C36H41N7O2. The Morgan fingerprint density at radius 2 is 1.62 bits per heavy atom. The van der Waals surface area contributed by atoms with Gasteiger partial charge in [0.15, 0.2) is 0 Å². The topological polar surface area (TPSA) is 84.9 Å². The molecule has 0 atom stereocenters. The molecule has 4 aromatic rings. The Morgan fingerprint density at radius 1 is 0.911 bits per heavy atom. The second-order valence-corrected chi connectivity index (χ2v) is 12.9. The average molecular weight is 604 g/mol. The Balaban J connectivity index is 1.20. The van der Waals surface area contributed by atoms with E-state index in [0.29, 0.717) is 30.0 Å². The highest BCUT2D eigenvalue weighted by molar-refractivity contribution is 6.10. The number of hydrogen-bond donors (Lipinski definition) is 1. The second kappa shape index (κ2) is 12.3. The first-order valence-corrected chi connectivity index (χ1v) is 15.6. The molecule has 2 amide bonds. The molecule has 0 saturated carbocycles. The number of rotatable bonds is 6. The zero-order valence-corrected chi connectivity index (χ0v) is 26.7. The van der Waals surface area contributed by atoms with Crippen LogP contribution in [0, 0.1) is 6.92 Å². The lowest BCUT2D eigenvalue weighted by Gasteiger charge is -2.37. The van der Waals surface area contributed by atoms with Crippen LogP contribution in [0.25, 0.3) is 0 Å². The summed E-state index contributed by atoms with van der Waals surface area (Å²) in [5.41, 5.74) is 5.94. The standard InChI is InChI=1S/C36H41N7O2/c1-25-11-14-29(43(36(2,3)4)33(44)26-9-7-6-8-10-26)23-32(25)42-18-17-31-30(34(42)45)24-37-35(39-31)38-27-12-15-28(16-13-27)41-21-19-40(5)20-22-41/h6-16,23-24H,17-22H2,1-5H3,(H,37,38,39). The Morgan fingerprint density at radius 3 is 2.31 bits per heavy atom. The van der Waals surface area contributed by atoms with Crippen LogP contribution in [-0.2, 0) is 6.42 Å². The fourth-order valence-corrected chi connectivity index (χ4v) is 6.04. The number of hydrogen-bond acceptors (Lipinski definition) is 7. The van der Waals surface area contributed by atoms with Gasteiger partial charge in [-0.05, 0) is 88.8 Å². The minimum Gasteiger partial charge on any atom is -0.369 e. The van der Waals surface area contributed by atoms with E-state index >= 15 is 0 Å².